The normalized spacial score (nSPS) is 25.4. The molecular formula is C11H21N3O3. The minimum absolute atomic E-state index is 0.193. The highest BCUT2D eigenvalue weighted by molar-refractivity contribution is 5.96. The van der Waals surface area contributed by atoms with Crippen LogP contribution in [-0.4, -0.2) is 43.8 Å². The highest BCUT2D eigenvalue weighted by Gasteiger charge is 2.30. The van der Waals surface area contributed by atoms with E-state index in [1.54, 1.807) is 6.92 Å². The number of imide groups is 1. The quantitative estimate of drug-likeness (QED) is 0.649. The van der Waals surface area contributed by atoms with Crippen LogP contribution in [0.4, 0.5) is 4.79 Å². The number of carbonyl (C=O) groups excluding carboxylic acids is 2. The molecule has 0 aromatic rings. The van der Waals surface area contributed by atoms with Crippen molar-refractivity contribution in [2.75, 3.05) is 20.2 Å². The van der Waals surface area contributed by atoms with Crippen molar-refractivity contribution in [2.45, 2.75) is 38.3 Å². The molecule has 1 saturated heterocycles. The molecule has 0 saturated carbocycles. The molecule has 1 rings (SSSR count). The van der Waals surface area contributed by atoms with Crippen molar-refractivity contribution in [1.29, 1.82) is 0 Å². The van der Waals surface area contributed by atoms with E-state index in [1.807, 2.05) is 6.92 Å². The summed E-state index contributed by atoms with van der Waals surface area (Å²) in [6, 6.07) is -0.916. The first-order valence-corrected chi connectivity index (χ1v) is 5.87. The molecule has 3 amide bonds. The van der Waals surface area contributed by atoms with Gasteiger partial charge in [-0.2, -0.15) is 0 Å². The molecule has 0 radical (unpaired) electrons. The van der Waals surface area contributed by atoms with Gasteiger partial charge in [0.1, 0.15) is 0 Å². The number of amides is 3. The molecule has 17 heavy (non-hydrogen) atoms. The van der Waals surface area contributed by atoms with Gasteiger partial charge in [-0.1, -0.05) is 0 Å². The van der Waals surface area contributed by atoms with Crippen LogP contribution in [0.1, 0.15) is 26.7 Å². The lowest BCUT2D eigenvalue weighted by Crippen LogP contribution is -2.50. The molecule has 2 unspecified atom stereocenters. The van der Waals surface area contributed by atoms with Gasteiger partial charge < -0.3 is 15.4 Å². The Balaban J connectivity index is 2.31. The molecule has 3 N–H and O–H groups in total. The van der Waals surface area contributed by atoms with Crippen LogP contribution in [0.15, 0.2) is 0 Å². The van der Waals surface area contributed by atoms with Gasteiger partial charge in [0.05, 0.1) is 11.6 Å². The Morgan fingerprint density at radius 1 is 1.47 bits per heavy atom. The third-order valence-electron chi connectivity index (χ3n) is 2.94. The summed E-state index contributed by atoms with van der Waals surface area (Å²) in [4.78, 5) is 22.5. The predicted molar refractivity (Wildman–Crippen MR) is 63.7 cm³/mol. The van der Waals surface area contributed by atoms with E-state index in [1.165, 1.54) is 7.05 Å². The monoisotopic (exact) mass is 243 g/mol. The molecule has 1 heterocycles. The van der Waals surface area contributed by atoms with Crippen molar-refractivity contribution in [2.24, 2.45) is 0 Å². The van der Waals surface area contributed by atoms with Gasteiger partial charge in [-0.15, -0.1) is 0 Å². The molecule has 0 aromatic heterocycles. The Kier molecular flexibility index (Phi) is 4.89. The lowest BCUT2D eigenvalue weighted by atomic mass is 10.0. The summed E-state index contributed by atoms with van der Waals surface area (Å²) in [5.74, 6) is -0.342. The first-order chi connectivity index (χ1) is 7.97. The number of hydrogen-bond donors (Lipinski definition) is 3. The summed E-state index contributed by atoms with van der Waals surface area (Å²) in [5.41, 5.74) is -0.193. The summed E-state index contributed by atoms with van der Waals surface area (Å²) in [6.45, 7) is 5.12. The van der Waals surface area contributed by atoms with Crippen LogP contribution in [0, 0.1) is 0 Å². The van der Waals surface area contributed by atoms with Crippen molar-refractivity contribution in [3.05, 3.63) is 0 Å². The molecule has 0 aliphatic carbocycles. The lowest BCUT2D eigenvalue weighted by molar-refractivity contribution is -0.121. The van der Waals surface area contributed by atoms with E-state index in [0.717, 1.165) is 19.4 Å². The Labute approximate surface area is 101 Å². The third kappa shape index (κ3) is 4.32. The largest absolute Gasteiger partial charge is 0.374 e. The van der Waals surface area contributed by atoms with Gasteiger partial charge in [0.2, 0.25) is 5.91 Å². The molecule has 98 valence electrons. The zero-order chi connectivity index (χ0) is 12.9. The van der Waals surface area contributed by atoms with Crippen LogP contribution in [0.25, 0.3) is 0 Å². The van der Waals surface area contributed by atoms with Gasteiger partial charge in [0, 0.05) is 20.2 Å². The van der Waals surface area contributed by atoms with Crippen LogP contribution in [0.5, 0.6) is 0 Å². The highest BCUT2D eigenvalue weighted by atomic mass is 16.5. The third-order valence-corrected chi connectivity index (χ3v) is 2.94. The number of urea groups is 1. The van der Waals surface area contributed by atoms with Crippen LogP contribution in [-0.2, 0) is 9.53 Å². The molecule has 6 heteroatoms. The van der Waals surface area contributed by atoms with E-state index in [-0.39, 0.29) is 11.5 Å². The number of rotatable bonds is 4. The Morgan fingerprint density at radius 3 is 2.71 bits per heavy atom. The first kappa shape index (κ1) is 13.9. The van der Waals surface area contributed by atoms with Gasteiger partial charge in [-0.3, -0.25) is 10.1 Å². The lowest BCUT2D eigenvalue weighted by Gasteiger charge is -2.25. The summed E-state index contributed by atoms with van der Waals surface area (Å²) in [6.07, 6.45) is 2.04. The second-order valence-corrected chi connectivity index (χ2v) is 4.57. The summed E-state index contributed by atoms with van der Waals surface area (Å²) >= 11 is 0. The number of hydrogen-bond acceptors (Lipinski definition) is 4. The van der Waals surface area contributed by atoms with Crippen LogP contribution < -0.4 is 16.0 Å². The van der Waals surface area contributed by atoms with E-state index in [0.29, 0.717) is 6.54 Å². The molecular weight excluding hydrogens is 222 g/mol. The van der Waals surface area contributed by atoms with E-state index >= 15 is 0 Å². The second kappa shape index (κ2) is 5.97. The van der Waals surface area contributed by atoms with Crippen molar-refractivity contribution < 1.29 is 14.3 Å². The molecule has 0 spiro atoms. The van der Waals surface area contributed by atoms with E-state index in [4.69, 9.17) is 4.74 Å². The van der Waals surface area contributed by atoms with E-state index in [2.05, 4.69) is 16.0 Å². The Morgan fingerprint density at radius 2 is 2.18 bits per heavy atom. The first-order valence-electron chi connectivity index (χ1n) is 5.87. The average molecular weight is 243 g/mol. The van der Waals surface area contributed by atoms with Crippen molar-refractivity contribution in [3.63, 3.8) is 0 Å². The fraction of sp³-hybridized carbons (Fsp3) is 0.818. The van der Waals surface area contributed by atoms with Gasteiger partial charge in [0.25, 0.3) is 0 Å². The minimum Gasteiger partial charge on any atom is -0.374 e. The fourth-order valence-corrected chi connectivity index (χ4v) is 1.72. The molecule has 1 fully saturated rings. The van der Waals surface area contributed by atoms with Crippen molar-refractivity contribution in [1.82, 2.24) is 16.0 Å². The van der Waals surface area contributed by atoms with Crippen molar-refractivity contribution >= 4 is 11.9 Å². The standard InChI is InChI=1S/C11H21N3O3/c1-8(9(15)14-10(16)12-3)13-7-11(2)5-4-6-17-11/h8,13H,4-7H2,1-3H3,(H2,12,14,15,16). The van der Waals surface area contributed by atoms with Gasteiger partial charge in [-0.25, -0.2) is 4.79 Å². The summed E-state index contributed by atoms with van der Waals surface area (Å²) < 4.78 is 5.60. The van der Waals surface area contributed by atoms with Gasteiger partial charge in [0.15, 0.2) is 0 Å². The number of carbonyl (C=O) groups is 2. The van der Waals surface area contributed by atoms with Crippen LogP contribution >= 0.6 is 0 Å². The number of nitrogens with one attached hydrogen (secondary N) is 3. The molecule has 1 aliphatic heterocycles. The highest BCUT2D eigenvalue weighted by Crippen LogP contribution is 2.23. The van der Waals surface area contributed by atoms with Gasteiger partial charge >= 0.3 is 6.03 Å². The van der Waals surface area contributed by atoms with Gasteiger partial charge in [-0.05, 0) is 26.7 Å². The molecule has 0 aromatic carbocycles. The molecule has 6 nitrogen and oxygen atoms in total. The molecule has 0 bridgehead atoms. The maximum absolute atomic E-state index is 11.5. The molecule has 1 aliphatic rings. The smallest absolute Gasteiger partial charge is 0.321 e. The SMILES string of the molecule is CNC(=O)NC(=O)C(C)NCC1(C)CCCO1. The Hall–Kier alpha value is -1.14. The topological polar surface area (TPSA) is 79.5 Å². The predicted octanol–water partition coefficient (Wildman–Crippen LogP) is -0.0108. The fourth-order valence-electron chi connectivity index (χ4n) is 1.72. The molecule has 2 atom stereocenters. The minimum atomic E-state index is -0.494. The maximum Gasteiger partial charge on any atom is 0.321 e. The Bertz CT molecular complexity index is 288. The second-order valence-electron chi connectivity index (χ2n) is 4.57. The average Bonchev–Trinajstić information content (AvgIpc) is 2.73. The van der Waals surface area contributed by atoms with Crippen molar-refractivity contribution in [3.8, 4) is 0 Å². The van der Waals surface area contributed by atoms with Crippen LogP contribution in [0.2, 0.25) is 0 Å². The van der Waals surface area contributed by atoms with E-state index in [9.17, 15) is 9.59 Å². The zero-order valence-electron chi connectivity index (χ0n) is 10.6. The maximum atomic E-state index is 11.5. The zero-order valence-corrected chi connectivity index (χ0v) is 10.6. The summed E-state index contributed by atoms with van der Waals surface area (Å²) in [7, 11) is 1.47. The van der Waals surface area contributed by atoms with E-state index < -0.39 is 12.1 Å². The van der Waals surface area contributed by atoms with Crippen LogP contribution in [0.3, 0.4) is 0 Å². The number of ether oxygens (including phenoxy) is 1. The summed E-state index contributed by atoms with van der Waals surface area (Å²) in [5, 5.41) is 7.63.